The van der Waals surface area contributed by atoms with Gasteiger partial charge in [-0.3, -0.25) is 19.7 Å². The average Bonchev–Trinajstić information content (AvgIpc) is 2.90. The number of amides is 2. The lowest BCUT2D eigenvalue weighted by Gasteiger charge is -2.52. The van der Waals surface area contributed by atoms with E-state index in [0.717, 1.165) is 22.3 Å². The van der Waals surface area contributed by atoms with Crippen LogP contribution in [0.4, 0.5) is 0 Å². The lowest BCUT2D eigenvalue weighted by Crippen LogP contribution is -2.57. The molecule has 1 saturated heterocycles. The zero-order chi connectivity index (χ0) is 16.6. The number of hydrogen-bond acceptors (Lipinski definition) is 3. The SMILES string of the molecule is CC(=O)C12c3ccccc3C(c3ccccc31)C1C(=O)NC(=O)C12. The quantitative estimate of drug-likeness (QED) is 0.817. The van der Waals surface area contributed by atoms with E-state index in [-0.39, 0.29) is 23.5 Å². The molecule has 118 valence electrons. The second-order valence-electron chi connectivity index (χ2n) is 6.87. The van der Waals surface area contributed by atoms with Crippen LogP contribution in [0.25, 0.3) is 0 Å². The highest BCUT2D eigenvalue weighted by Gasteiger charge is 2.67. The van der Waals surface area contributed by atoms with Gasteiger partial charge in [0.15, 0.2) is 0 Å². The van der Waals surface area contributed by atoms with Gasteiger partial charge in [-0.05, 0) is 29.2 Å². The van der Waals surface area contributed by atoms with Gasteiger partial charge in [-0.2, -0.15) is 0 Å². The van der Waals surface area contributed by atoms with E-state index in [4.69, 9.17) is 0 Å². The Morgan fingerprint density at radius 3 is 2.00 bits per heavy atom. The molecule has 1 aliphatic heterocycles. The summed E-state index contributed by atoms with van der Waals surface area (Å²) < 4.78 is 0. The Morgan fingerprint density at radius 1 is 0.917 bits per heavy atom. The molecule has 0 radical (unpaired) electrons. The molecule has 4 aliphatic rings. The van der Waals surface area contributed by atoms with Crippen LogP contribution in [0.15, 0.2) is 48.5 Å². The molecule has 2 unspecified atom stereocenters. The number of rotatable bonds is 1. The third-order valence-corrected chi connectivity index (χ3v) is 6.01. The maximum atomic E-state index is 13.0. The van der Waals surface area contributed by atoms with Gasteiger partial charge >= 0.3 is 0 Å². The van der Waals surface area contributed by atoms with E-state index in [1.54, 1.807) is 0 Å². The van der Waals surface area contributed by atoms with Gasteiger partial charge in [-0.15, -0.1) is 0 Å². The number of Topliss-reactive ketones (excluding diaryl/α,β-unsaturated/α-hetero) is 1. The maximum Gasteiger partial charge on any atom is 0.232 e. The highest BCUT2D eigenvalue weighted by atomic mass is 16.2. The fraction of sp³-hybridized carbons (Fsp3) is 0.250. The van der Waals surface area contributed by atoms with Crippen LogP contribution in [0.2, 0.25) is 0 Å². The Balaban J connectivity index is 1.99. The Morgan fingerprint density at radius 2 is 1.46 bits per heavy atom. The first-order valence-corrected chi connectivity index (χ1v) is 8.13. The van der Waals surface area contributed by atoms with Crippen LogP contribution in [0.5, 0.6) is 0 Å². The van der Waals surface area contributed by atoms with Crippen molar-refractivity contribution in [2.45, 2.75) is 18.3 Å². The van der Waals surface area contributed by atoms with Crippen molar-refractivity contribution in [2.75, 3.05) is 0 Å². The van der Waals surface area contributed by atoms with Gasteiger partial charge in [0.2, 0.25) is 11.8 Å². The standard InChI is InChI=1S/C20H15NO3/c1-10(22)20-13-8-4-2-6-11(13)15(12-7-3-5-9-14(12)20)16-17(20)19(24)21-18(16)23/h2-9,15-17H,1H3,(H,21,23,24). The van der Waals surface area contributed by atoms with Crippen LogP contribution in [0.3, 0.4) is 0 Å². The number of nitrogens with one attached hydrogen (secondary N) is 1. The molecule has 2 amide bonds. The second-order valence-corrected chi connectivity index (χ2v) is 6.87. The van der Waals surface area contributed by atoms with E-state index >= 15 is 0 Å². The van der Waals surface area contributed by atoms with Gasteiger partial charge in [0.05, 0.1) is 17.3 Å². The largest absolute Gasteiger partial charge is 0.299 e. The molecule has 4 nitrogen and oxygen atoms in total. The monoisotopic (exact) mass is 317 g/mol. The summed E-state index contributed by atoms with van der Waals surface area (Å²) in [6.07, 6.45) is 0. The van der Waals surface area contributed by atoms with E-state index in [2.05, 4.69) is 5.32 Å². The molecular weight excluding hydrogens is 302 g/mol. The minimum absolute atomic E-state index is 0.0830. The van der Waals surface area contributed by atoms with Gasteiger partial charge in [0.25, 0.3) is 0 Å². The molecule has 2 bridgehead atoms. The molecule has 0 saturated carbocycles. The van der Waals surface area contributed by atoms with Gasteiger partial charge < -0.3 is 0 Å². The van der Waals surface area contributed by atoms with Crippen molar-refractivity contribution in [2.24, 2.45) is 11.8 Å². The van der Waals surface area contributed by atoms with Gasteiger partial charge in [0, 0.05) is 5.92 Å². The lowest BCUT2D eigenvalue weighted by atomic mass is 9.46. The highest BCUT2D eigenvalue weighted by molar-refractivity contribution is 6.12. The predicted octanol–water partition coefficient (Wildman–Crippen LogP) is 1.91. The van der Waals surface area contributed by atoms with Crippen molar-refractivity contribution in [3.05, 3.63) is 70.8 Å². The van der Waals surface area contributed by atoms with Crippen LogP contribution in [0.1, 0.15) is 35.1 Å². The van der Waals surface area contributed by atoms with Crippen LogP contribution < -0.4 is 5.32 Å². The van der Waals surface area contributed by atoms with Crippen molar-refractivity contribution >= 4 is 17.6 Å². The minimum Gasteiger partial charge on any atom is -0.299 e. The first-order chi connectivity index (χ1) is 11.6. The fourth-order valence-electron chi connectivity index (χ4n) is 5.29. The normalized spacial score (nSPS) is 32.0. The molecule has 6 rings (SSSR count). The number of imide groups is 1. The predicted molar refractivity (Wildman–Crippen MR) is 86.3 cm³/mol. The molecule has 2 atom stereocenters. The molecule has 0 spiro atoms. The fourth-order valence-corrected chi connectivity index (χ4v) is 5.29. The Labute approximate surface area is 138 Å². The van der Waals surface area contributed by atoms with Crippen molar-refractivity contribution in [3.8, 4) is 0 Å². The van der Waals surface area contributed by atoms with E-state index in [0.29, 0.717) is 0 Å². The van der Waals surface area contributed by atoms with Crippen molar-refractivity contribution in [1.82, 2.24) is 5.32 Å². The van der Waals surface area contributed by atoms with E-state index < -0.39 is 17.3 Å². The number of carbonyl (C=O) groups is 3. The van der Waals surface area contributed by atoms with E-state index in [9.17, 15) is 14.4 Å². The van der Waals surface area contributed by atoms with E-state index in [1.165, 1.54) is 6.92 Å². The first-order valence-electron chi connectivity index (χ1n) is 8.13. The number of ketones is 1. The third-order valence-electron chi connectivity index (χ3n) is 6.01. The highest BCUT2D eigenvalue weighted by Crippen LogP contribution is 2.63. The van der Waals surface area contributed by atoms with Crippen LogP contribution in [-0.2, 0) is 19.8 Å². The molecule has 0 aromatic heterocycles. The molecule has 2 aromatic rings. The van der Waals surface area contributed by atoms with Crippen molar-refractivity contribution in [1.29, 1.82) is 0 Å². The third kappa shape index (κ3) is 1.26. The summed E-state index contributed by atoms with van der Waals surface area (Å²) in [4.78, 5) is 38.2. The van der Waals surface area contributed by atoms with Crippen LogP contribution in [-0.4, -0.2) is 17.6 Å². The second kappa shape index (κ2) is 4.20. The van der Waals surface area contributed by atoms with E-state index in [1.807, 2.05) is 48.5 Å². The summed E-state index contributed by atoms with van der Waals surface area (Å²) in [5, 5.41) is 2.48. The maximum absolute atomic E-state index is 13.0. The van der Waals surface area contributed by atoms with Crippen molar-refractivity contribution < 1.29 is 14.4 Å². The molecule has 1 N–H and O–H groups in total. The minimum atomic E-state index is -1.07. The van der Waals surface area contributed by atoms with Gasteiger partial charge in [-0.1, -0.05) is 48.5 Å². The van der Waals surface area contributed by atoms with Crippen molar-refractivity contribution in [3.63, 3.8) is 0 Å². The summed E-state index contributed by atoms with van der Waals surface area (Å²) in [7, 11) is 0. The van der Waals surface area contributed by atoms with Gasteiger partial charge in [0.1, 0.15) is 5.78 Å². The average molecular weight is 317 g/mol. The summed E-state index contributed by atoms with van der Waals surface area (Å²) in [6.45, 7) is 1.53. The molecule has 3 aliphatic carbocycles. The lowest BCUT2D eigenvalue weighted by molar-refractivity contribution is -0.133. The Hall–Kier alpha value is -2.75. The summed E-state index contributed by atoms with van der Waals surface area (Å²) in [5.74, 6) is -2.00. The number of benzene rings is 2. The Kier molecular flexibility index (Phi) is 2.39. The number of carbonyl (C=O) groups excluding carboxylic acids is 3. The summed E-state index contributed by atoms with van der Waals surface area (Å²) >= 11 is 0. The first kappa shape index (κ1) is 13.7. The van der Waals surface area contributed by atoms with Crippen LogP contribution >= 0.6 is 0 Å². The molecule has 1 heterocycles. The number of hydrogen-bond donors (Lipinski definition) is 1. The Bertz CT molecular complexity index is 898. The zero-order valence-electron chi connectivity index (χ0n) is 13.1. The molecule has 4 heteroatoms. The van der Waals surface area contributed by atoms with Crippen LogP contribution in [0, 0.1) is 11.8 Å². The zero-order valence-corrected chi connectivity index (χ0v) is 13.1. The smallest absolute Gasteiger partial charge is 0.232 e. The molecule has 1 fully saturated rings. The summed E-state index contributed by atoms with van der Waals surface area (Å²) in [6, 6.07) is 15.5. The molecule has 2 aromatic carbocycles. The molecule has 24 heavy (non-hydrogen) atoms. The topological polar surface area (TPSA) is 63.2 Å². The van der Waals surface area contributed by atoms with Gasteiger partial charge in [-0.25, -0.2) is 0 Å². The molecular formula is C20H15NO3. The summed E-state index contributed by atoms with van der Waals surface area (Å²) in [5.41, 5.74) is 2.69.